The van der Waals surface area contributed by atoms with Crippen LogP contribution in [0, 0.1) is 0 Å². The minimum atomic E-state index is -2.58. The minimum absolute atomic E-state index is 0.224. The van der Waals surface area contributed by atoms with Crippen LogP contribution in [0.2, 0.25) is 0 Å². The van der Waals surface area contributed by atoms with Gasteiger partial charge >= 0.3 is 69.3 Å². The number of aliphatic hydroxyl groups excluding tert-OH is 1. The first-order valence-corrected chi connectivity index (χ1v) is 3.66. The van der Waals surface area contributed by atoms with E-state index in [9.17, 15) is 9.59 Å². The Bertz CT molecular complexity index is 187. The Labute approximate surface area is 70.0 Å². The van der Waals surface area contributed by atoms with Crippen LogP contribution in [-0.2, 0) is 9.59 Å². The SMILES string of the molecule is O=C(O)[C@H](O)[C@](O)([AsH2])C(=O)O. The number of aliphatic carboxylic acids is 2. The number of aliphatic hydroxyl groups is 2. The van der Waals surface area contributed by atoms with E-state index >= 15 is 0 Å². The van der Waals surface area contributed by atoms with E-state index in [2.05, 4.69) is 0 Å². The first-order chi connectivity index (χ1) is 4.80. The van der Waals surface area contributed by atoms with E-state index in [0.29, 0.717) is 0 Å². The zero-order chi connectivity index (χ0) is 9.23. The van der Waals surface area contributed by atoms with Crippen molar-refractivity contribution in [1.29, 1.82) is 0 Å². The van der Waals surface area contributed by atoms with Crippen LogP contribution in [0.3, 0.4) is 0 Å². The van der Waals surface area contributed by atoms with Gasteiger partial charge in [0.15, 0.2) is 0 Å². The molecule has 0 aliphatic heterocycles. The van der Waals surface area contributed by atoms with Crippen LogP contribution < -0.4 is 0 Å². The Hall–Kier alpha value is -0.582. The van der Waals surface area contributed by atoms with Gasteiger partial charge in [0.05, 0.1) is 0 Å². The quantitative estimate of drug-likeness (QED) is 0.377. The van der Waals surface area contributed by atoms with Crippen molar-refractivity contribution < 1.29 is 30.0 Å². The summed E-state index contributed by atoms with van der Waals surface area (Å²) in [5.41, 5.74) is 0. The van der Waals surface area contributed by atoms with Crippen LogP contribution in [0.5, 0.6) is 0 Å². The maximum atomic E-state index is 10.1. The summed E-state index contributed by atoms with van der Waals surface area (Å²) in [6, 6.07) is 0. The van der Waals surface area contributed by atoms with Crippen LogP contribution in [0.1, 0.15) is 0 Å². The summed E-state index contributed by atoms with van der Waals surface area (Å²) >= 11 is 0.224. The molecule has 0 bridgehead atoms. The van der Waals surface area contributed by atoms with Crippen molar-refractivity contribution in [2.24, 2.45) is 0 Å². The van der Waals surface area contributed by atoms with Gasteiger partial charge in [-0.3, -0.25) is 0 Å². The van der Waals surface area contributed by atoms with E-state index in [0.717, 1.165) is 0 Å². The third-order valence-corrected chi connectivity index (χ3v) is 2.17. The molecule has 4 N–H and O–H groups in total. The van der Waals surface area contributed by atoms with Crippen LogP contribution in [0.15, 0.2) is 0 Å². The molecule has 11 heavy (non-hydrogen) atoms. The molecule has 0 aliphatic rings. The zero-order valence-corrected chi connectivity index (χ0v) is 7.68. The summed E-state index contributed by atoms with van der Waals surface area (Å²) in [6.07, 6.45) is -2.29. The molecule has 0 radical (unpaired) electrons. The van der Waals surface area contributed by atoms with Gasteiger partial charge in [0.1, 0.15) is 0 Å². The summed E-state index contributed by atoms with van der Waals surface area (Å²) < 4.78 is -2.58. The first kappa shape index (κ1) is 10.4. The predicted molar refractivity (Wildman–Crippen MR) is 34.8 cm³/mol. The van der Waals surface area contributed by atoms with Gasteiger partial charge in [-0.15, -0.1) is 0 Å². The maximum absolute atomic E-state index is 10.1. The van der Waals surface area contributed by atoms with Crippen LogP contribution in [0.25, 0.3) is 0 Å². The van der Waals surface area contributed by atoms with Gasteiger partial charge in [0.2, 0.25) is 0 Å². The van der Waals surface area contributed by atoms with Crippen LogP contribution in [0.4, 0.5) is 0 Å². The fourth-order valence-corrected chi connectivity index (χ4v) is 0.604. The topological polar surface area (TPSA) is 115 Å². The Morgan fingerprint density at radius 2 is 1.73 bits per heavy atom. The second-order valence-corrected chi connectivity index (χ2v) is 3.72. The second-order valence-electron chi connectivity index (χ2n) is 1.87. The molecular formula is C4H7AsO6. The fourth-order valence-electron chi connectivity index (χ4n) is 0.305. The Kier molecular flexibility index (Phi) is 3.04. The summed E-state index contributed by atoms with van der Waals surface area (Å²) in [5.74, 6) is -3.52. The van der Waals surface area contributed by atoms with Gasteiger partial charge in [-0.2, -0.15) is 0 Å². The molecule has 1 unspecified atom stereocenters. The molecule has 7 heteroatoms. The molecule has 0 aromatic carbocycles. The van der Waals surface area contributed by atoms with Gasteiger partial charge in [-0.25, -0.2) is 0 Å². The van der Waals surface area contributed by atoms with Crippen LogP contribution >= 0.6 is 0 Å². The average Bonchev–Trinajstić information content (AvgIpc) is 1.85. The van der Waals surface area contributed by atoms with Crippen molar-refractivity contribution in [2.45, 2.75) is 10.5 Å². The van der Waals surface area contributed by atoms with E-state index in [1.807, 2.05) is 0 Å². The summed E-state index contributed by atoms with van der Waals surface area (Å²) in [6.45, 7) is 0. The van der Waals surface area contributed by atoms with E-state index in [1.54, 1.807) is 0 Å². The molecule has 6 nitrogen and oxygen atoms in total. The van der Waals surface area contributed by atoms with Crippen molar-refractivity contribution in [3.8, 4) is 0 Å². The fraction of sp³-hybridized carbons (Fsp3) is 0.500. The summed E-state index contributed by atoms with van der Waals surface area (Å²) in [5, 5.41) is 33.7. The molecule has 0 aliphatic carbocycles. The number of rotatable bonds is 3. The summed E-state index contributed by atoms with van der Waals surface area (Å²) in [7, 11) is 0. The van der Waals surface area contributed by atoms with Gasteiger partial charge in [0, 0.05) is 0 Å². The van der Waals surface area contributed by atoms with Gasteiger partial charge < -0.3 is 0 Å². The monoisotopic (exact) mass is 226 g/mol. The molecule has 0 rings (SSSR count). The van der Waals surface area contributed by atoms with Crippen molar-refractivity contribution >= 4 is 28.8 Å². The molecule has 0 spiro atoms. The second kappa shape index (κ2) is 3.21. The Balaban J connectivity index is 4.55. The molecular weight excluding hydrogens is 219 g/mol. The Morgan fingerprint density at radius 3 is 1.82 bits per heavy atom. The van der Waals surface area contributed by atoms with Crippen LogP contribution in [-0.4, -0.2) is 59.7 Å². The number of hydrogen-bond donors (Lipinski definition) is 4. The number of carboxylic acids is 2. The first-order valence-electron chi connectivity index (χ1n) is 2.45. The van der Waals surface area contributed by atoms with Crippen molar-refractivity contribution in [3.05, 3.63) is 0 Å². The zero-order valence-electron chi connectivity index (χ0n) is 5.26. The number of carboxylic acid groups (broad SMARTS) is 2. The van der Waals surface area contributed by atoms with Gasteiger partial charge in [-0.05, 0) is 0 Å². The molecule has 64 valence electrons. The molecule has 0 heterocycles. The van der Waals surface area contributed by atoms with Gasteiger partial charge in [0.25, 0.3) is 0 Å². The third kappa shape index (κ3) is 2.18. The molecule has 3 atom stereocenters. The number of hydrogen-bond acceptors (Lipinski definition) is 4. The normalized spacial score (nSPS) is 18.5. The van der Waals surface area contributed by atoms with E-state index < -0.39 is 22.4 Å². The standard InChI is InChI=1S/C4H7AsO6/c5-4(11,3(9)10)1(6)2(7)8/h1,6,11H,5H2,(H,7,8)(H,9,10)/t1-,4+/m0/s1. The number of carbonyl (C=O) groups is 2. The third-order valence-electron chi connectivity index (χ3n) is 0.993. The molecule has 0 aromatic heterocycles. The summed E-state index contributed by atoms with van der Waals surface area (Å²) in [4.78, 5) is 20.1. The van der Waals surface area contributed by atoms with Crippen molar-refractivity contribution in [1.82, 2.24) is 0 Å². The predicted octanol–water partition coefficient (Wildman–Crippen LogP) is -3.16. The van der Waals surface area contributed by atoms with Crippen molar-refractivity contribution in [3.63, 3.8) is 0 Å². The van der Waals surface area contributed by atoms with Crippen molar-refractivity contribution in [2.75, 3.05) is 0 Å². The van der Waals surface area contributed by atoms with E-state index in [4.69, 9.17) is 20.4 Å². The van der Waals surface area contributed by atoms with E-state index in [1.165, 1.54) is 0 Å². The van der Waals surface area contributed by atoms with Gasteiger partial charge in [-0.1, -0.05) is 0 Å². The average molecular weight is 226 g/mol. The molecule has 0 fully saturated rings. The Morgan fingerprint density at radius 1 is 1.36 bits per heavy atom. The molecule has 0 amide bonds. The van der Waals surface area contributed by atoms with E-state index in [-0.39, 0.29) is 16.9 Å². The molecule has 0 saturated carbocycles. The molecule has 0 aromatic rings. The molecule has 0 saturated heterocycles.